The number of benzene rings is 2. The summed E-state index contributed by atoms with van der Waals surface area (Å²) in [4.78, 5) is 12.1. The highest BCUT2D eigenvalue weighted by molar-refractivity contribution is 5.73. The highest BCUT2D eigenvalue weighted by atomic mass is 16.5. The van der Waals surface area contributed by atoms with Crippen LogP contribution in [-0.2, 0) is 22.6 Å². The van der Waals surface area contributed by atoms with Crippen molar-refractivity contribution in [3.63, 3.8) is 0 Å². The first kappa shape index (κ1) is 19.3. The summed E-state index contributed by atoms with van der Waals surface area (Å²) in [6.07, 6.45) is 0.112. The van der Waals surface area contributed by atoms with E-state index in [4.69, 9.17) is 23.5 Å². The average Bonchev–Trinajstić information content (AvgIpc) is 3.21. The quantitative estimate of drug-likeness (QED) is 0.549. The second-order valence-corrected chi connectivity index (χ2v) is 5.94. The molecule has 0 saturated heterocycles. The molecule has 3 aromatic rings. The van der Waals surface area contributed by atoms with Gasteiger partial charge in [0.05, 0.1) is 27.8 Å². The highest BCUT2D eigenvalue weighted by Gasteiger charge is 2.12. The molecular formula is C21H21NO6. The van der Waals surface area contributed by atoms with Gasteiger partial charge in [-0.1, -0.05) is 23.4 Å². The van der Waals surface area contributed by atoms with Crippen LogP contribution in [0.2, 0.25) is 0 Å². The summed E-state index contributed by atoms with van der Waals surface area (Å²) in [7, 11) is 4.71. The van der Waals surface area contributed by atoms with Crippen LogP contribution in [0.3, 0.4) is 0 Å². The fraction of sp³-hybridized carbons (Fsp3) is 0.238. The molecule has 0 radical (unpaired) electrons. The fourth-order valence-electron chi connectivity index (χ4n) is 2.65. The van der Waals surface area contributed by atoms with Gasteiger partial charge < -0.3 is 23.5 Å². The van der Waals surface area contributed by atoms with E-state index in [0.29, 0.717) is 23.0 Å². The van der Waals surface area contributed by atoms with Gasteiger partial charge in [0.2, 0.25) is 0 Å². The van der Waals surface area contributed by atoms with Crippen molar-refractivity contribution in [2.24, 2.45) is 0 Å². The summed E-state index contributed by atoms with van der Waals surface area (Å²) in [6, 6.07) is 14.5. The van der Waals surface area contributed by atoms with Crippen LogP contribution in [0.25, 0.3) is 11.3 Å². The maximum absolute atomic E-state index is 12.1. The second-order valence-electron chi connectivity index (χ2n) is 5.94. The van der Waals surface area contributed by atoms with Crippen molar-refractivity contribution in [3.8, 4) is 28.6 Å². The van der Waals surface area contributed by atoms with Gasteiger partial charge in [0.25, 0.3) is 0 Å². The molecule has 3 rings (SSSR count). The number of carbonyl (C=O) groups excluding carboxylic acids is 1. The molecule has 0 bridgehead atoms. The molecule has 0 spiro atoms. The Balaban J connectivity index is 1.58. The lowest BCUT2D eigenvalue weighted by Crippen LogP contribution is -2.08. The molecule has 7 nitrogen and oxygen atoms in total. The molecule has 0 aliphatic rings. The Bertz CT molecular complexity index is 950. The Morgan fingerprint density at radius 1 is 0.964 bits per heavy atom. The molecule has 7 heteroatoms. The van der Waals surface area contributed by atoms with Crippen molar-refractivity contribution in [1.29, 1.82) is 0 Å². The Morgan fingerprint density at radius 2 is 1.79 bits per heavy atom. The lowest BCUT2D eigenvalue weighted by molar-refractivity contribution is -0.144. The van der Waals surface area contributed by atoms with E-state index in [9.17, 15) is 4.79 Å². The highest BCUT2D eigenvalue weighted by Crippen LogP contribution is 2.28. The van der Waals surface area contributed by atoms with E-state index < -0.39 is 0 Å². The third kappa shape index (κ3) is 4.62. The zero-order valence-electron chi connectivity index (χ0n) is 15.9. The van der Waals surface area contributed by atoms with Gasteiger partial charge in [-0.05, 0) is 29.8 Å². The summed E-state index contributed by atoms with van der Waals surface area (Å²) in [5, 5.41) is 3.95. The summed E-state index contributed by atoms with van der Waals surface area (Å²) in [5.74, 6) is 2.08. The van der Waals surface area contributed by atoms with Gasteiger partial charge in [-0.25, -0.2) is 0 Å². The number of methoxy groups -OCH3 is 3. The minimum atomic E-state index is -0.377. The molecule has 0 amide bonds. The SMILES string of the molecule is COc1cccc(-c2cc(COC(=O)Cc3ccc(OC)c(OC)c3)no2)c1. The minimum Gasteiger partial charge on any atom is -0.497 e. The van der Waals surface area contributed by atoms with Crippen molar-refractivity contribution in [2.45, 2.75) is 13.0 Å². The van der Waals surface area contributed by atoms with Gasteiger partial charge in [-0.15, -0.1) is 0 Å². The molecule has 0 aliphatic heterocycles. The first-order valence-electron chi connectivity index (χ1n) is 8.59. The molecular weight excluding hydrogens is 362 g/mol. The van der Waals surface area contributed by atoms with Gasteiger partial charge in [-0.3, -0.25) is 4.79 Å². The van der Waals surface area contributed by atoms with Crippen LogP contribution in [0.15, 0.2) is 53.1 Å². The molecule has 28 heavy (non-hydrogen) atoms. The van der Waals surface area contributed by atoms with Crippen LogP contribution in [0.5, 0.6) is 17.2 Å². The second kappa shape index (κ2) is 8.94. The lowest BCUT2D eigenvalue weighted by Gasteiger charge is -2.09. The number of rotatable bonds is 8. The molecule has 1 heterocycles. The van der Waals surface area contributed by atoms with Crippen molar-refractivity contribution in [3.05, 3.63) is 59.8 Å². The number of carbonyl (C=O) groups is 1. The predicted octanol–water partition coefficient (Wildman–Crippen LogP) is 3.65. The normalized spacial score (nSPS) is 10.4. The standard InChI is InChI=1S/C21H21NO6/c1-24-17-6-4-5-15(11-17)19-12-16(22-28-19)13-27-21(23)10-14-7-8-18(25-2)20(9-14)26-3/h4-9,11-12H,10,13H2,1-3H3. The monoisotopic (exact) mass is 383 g/mol. The number of aromatic nitrogens is 1. The molecule has 0 atom stereocenters. The summed E-state index contributed by atoms with van der Waals surface area (Å²) in [6.45, 7) is 0.0274. The van der Waals surface area contributed by atoms with E-state index in [1.807, 2.05) is 24.3 Å². The van der Waals surface area contributed by atoms with Gasteiger partial charge in [0, 0.05) is 11.6 Å². The molecule has 0 N–H and O–H groups in total. The van der Waals surface area contributed by atoms with Crippen molar-refractivity contribution < 1.29 is 28.3 Å². The molecule has 0 aliphatic carbocycles. The van der Waals surface area contributed by atoms with E-state index in [-0.39, 0.29) is 19.0 Å². The van der Waals surface area contributed by atoms with Gasteiger partial charge >= 0.3 is 5.97 Å². The lowest BCUT2D eigenvalue weighted by atomic mass is 10.1. The topological polar surface area (TPSA) is 80.0 Å². The molecule has 0 fully saturated rings. The van der Waals surface area contributed by atoms with Crippen LogP contribution in [0.4, 0.5) is 0 Å². The first-order chi connectivity index (χ1) is 13.6. The number of esters is 1. The van der Waals surface area contributed by atoms with Crippen LogP contribution in [0.1, 0.15) is 11.3 Å². The average molecular weight is 383 g/mol. The van der Waals surface area contributed by atoms with Crippen LogP contribution >= 0.6 is 0 Å². The Morgan fingerprint density at radius 3 is 2.54 bits per heavy atom. The number of hydrogen-bond acceptors (Lipinski definition) is 7. The van der Waals surface area contributed by atoms with Crippen LogP contribution in [0, 0.1) is 0 Å². The van der Waals surface area contributed by atoms with E-state index >= 15 is 0 Å². The third-order valence-electron chi connectivity index (χ3n) is 4.09. The summed E-state index contributed by atoms with van der Waals surface area (Å²) in [5.41, 5.74) is 2.12. The Hall–Kier alpha value is -3.48. The first-order valence-corrected chi connectivity index (χ1v) is 8.59. The van der Waals surface area contributed by atoms with Gasteiger partial charge in [0.15, 0.2) is 17.3 Å². The molecule has 2 aromatic carbocycles. The summed E-state index contributed by atoms with van der Waals surface area (Å²) < 4.78 is 26.3. The Labute approximate surface area is 162 Å². The third-order valence-corrected chi connectivity index (χ3v) is 4.09. The predicted molar refractivity (Wildman–Crippen MR) is 102 cm³/mol. The smallest absolute Gasteiger partial charge is 0.310 e. The largest absolute Gasteiger partial charge is 0.497 e. The van der Waals surface area contributed by atoms with E-state index in [1.165, 1.54) is 0 Å². The molecule has 146 valence electrons. The summed E-state index contributed by atoms with van der Waals surface area (Å²) >= 11 is 0. The van der Waals surface area contributed by atoms with Crippen molar-refractivity contribution in [2.75, 3.05) is 21.3 Å². The fourth-order valence-corrected chi connectivity index (χ4v) is 2.65. The van der Waals surface area contributed by atoms with E-state index in [1.54, 1.807) is 45.6 Å². The zero-order chi connectivity index (χ0) is 19.9. The van der Waals surface area contributed by atoms with Crippen LogP contribution in [-0.4, -0.2) is 32.5 Å². The van der Waals surface area contributed by atoms with E-state index in [0.717, 1.165) is 16.9 Å². The van der Waals surface area contributed by atoms with Crippen LogP contribution < -0.4 is 14.2 Å². The van der Waals surface area contributed by atoms with Crippen molar-refractivity contribution >= 4 is 5.97 Å². The van der Waals surface area contributed by atoms with Gasteiger partial charge in [0.1, 0.15) is 18.1 Å². The minimum absolute atomic E-state index is 0.0274. The molecule has 0 unspecified atom stereocenters. The maximum atomic E-state index is 12.1. The molecule has 1 aromatic heterocycles. The Kier molecular flexibility index (Phi) is 6.16. The van der Waals surface area contributed by atoms with Crippen molar-refractivity contribution in [1.82, 2.24) is 5.16 Å². The number of ether oxygens (including phenoxy) is 4. The zero-order valence-corrected chi connectivity index (χ0v) is 15.9. The van der Waals surface area contributed by atoms with Gasteiger partial charge in [-0.2, -0.15) is 0 Å². The molecule has 0 saturated carbocycles. The number of nitrogens with zero attached hydrogens (tertiary/aromatic N) is 1. The maximum Gasteiger partial charge on any atom is 0.310 e. The van der Waals surface area contributed by atoms with E-state index in [2.05, 4.69) is 5.16 Å². The number of hydrogen-bond donors (Lipinski definition) is 0.